The maximum Gasteiger partial charge on any atom is 0.129 e. The summed E-state index contributed by atoms with van der Waals surface area (Å²) in [6, 6.07) is 3.52. The third-order valence-corrected chi connectivity index (χ3v) is 2.29. The number of rotatable bonds is 12. The van der Waals surface area contributed by atoms with Crippen LogP contribution in [0.15, 0.2) is 16.5 Å². The van der Waals surface area contributed by atoms with E-state index in [4.69, 9.17) is 28.5 Å². The van der Waals surface area contributed by atoms with Crippen molar-refractivity contribution in [2.45, 2.75) is 13.2 Å². The van der Waals surface area contributed by atoms with Crippen molar-refractivity contribution < 1.29 is 28.5 Å². The van der Waals surface area contributed by atoms with Crippen LogP contribution in [0.5, 0.6) is 0 Å². The van der Waals surface area contributed by atoms with E-state index < -0.39 is 0 Å². The van der Waals surface area contributed by atoms with E-state index in [0.717, 1.165) is 0 Å². The molecule has 0 bridgehead atoms. The van der Waals surface area contributed by atoms with Gasteiger partial charge in [0.1, 0.15) is 24.7 Å². The number of aliphatic hydroxyl groups excluding tert-OH is 1. The topological polar surface area (TPSA) is 70.3 Å². The van der Waals surface area contributed by atoms with Crippen molar-refractivity contribution in [3.8, 4) is 0 Å². The molecule has 0 atom stereocenters. The first-order chi connectivity index (χ1) is 9.36. The predicted molar refractivity (Wildman–Crippen MR) is 67.8 cm³/mol. The molecule has 1 N–H and O–H groups in total. The van der Waals surface area contributed by atoms with E-state index in [1.165, 1.54) is 0 Å². The molecule has 0 spiro atoms. The fraction of sp³-hybridized carbons (Fsp3) is 0.692. The number of hydrogen-bond donors (Lipinski definition) is 1. The number of furan rings is 1. The van der Waals surface area contributed by atoms with Crippen molar-refractivity contribution >= 4 is 0 Å². The summed E-state index contributed by atoms with van der Waals surface area (Å²) >= 11 is 0. The molecule has 0 aliphatic rings. The van der Waals surface area contributed by atoms with Gasteiger partial charge in [-0.1, -0.05) is 0 Å². The molecule has 0 saturated carbocycles. The van der Waals surface area contributed by atoms with Crippen LogP contribution in [0.1, 0.15) is 11.5 Å². The molecule has 0 saturated heterocycles. The minimum absolute atomic E-state index is 0.0911. The van der Waals surface area contributed by atoms with Crippen molar-refractivity contribution in [2.75, 3.05) is 46.8 Å². The molecule has 19 heavy (non-hydrogen) atoms. The number of hydrogen-bond acceptors (Lipinski definition) is 6. The Morgan fingerprint density at radius 1 is 0.895 bits per heavy atom. The molecule has 0 radical (unpaired) electrons. The van der Waals surface area contributed by atoms with E-state index in [-0.39, 0.29) is 6.61 Å². The number of ether oxygens (including phenoxy) is 4. The molecule has 0 aliphatic heterocycles. The highest BCUT2D eigenvalue weighted by Gasteiger charge is 2.00. The lowest BCUT2D eigenvalue weighted by Crippen LogP contribution is -2.11. The first kappa shape index (κ1) is 16.1. The second-order valence-corrected chi connectivity index (χ2v) is 3.80. The van der Waals surface area contributed by atoms with Gasteiger partial charge in [-0.05, 0) is 12.1 Å². The molecule has 1 aromatic heterocycles. The molecule has 1 heterocycles. The summed E-state index contributed by atoms with van der Waals surface area (Å²) in [4.78, 5) is 0. The van der Waals surface area contributed by atoms with Crippen LogP contribution in [0, 0.1) is 0 Å². The lowest BCUT2D eigenvalue weighted by atomic mass is 10.4. The van der Waals surface area contributed by atoms with Crippen LogP contribution in [0.2, 0.25) is 0 Å². The van der Waals surface area contributed by atoms with Gasteiger partial charge in [-0.15, -0.1) is 0 Å². The monoisotopic (exact) mass is 274 g/mol. The van der Waals surface area contributed by atoms with E-state index in [0.29, 0.717) is 57.8 Å². The molecule has 1 rings (SSSR count). The van der Waals surface area contributed by atoms with Gasteiger partial charge >= 0.3 is 0 Å². The van der Waals surface area contributed by atoms with Crippen LogP contribution in [-0.4, -0.2) is 51.9 Å². The van der Waals surface area contributed by atoms with Crippen LogP contribution >= 0.6 is 0 Å². The Morgan fingerprint density at radius 2 is 1.47 bits per heavy atom. The summed E-state index contributed by atoms with van der Waals surface area (Å²) < 4.78 is 26.0. The predicted octanol–water partition coefficient (Wildman–Crippen LogP) is 0.968. The third kappa shape index (κ3) is 7.97. The number of aliphatic hydroxyl groups is 1. The molecule has 0 unspecified atom stereocenters. The van der Waals surface area contributed by atoms with Gasteiger partial charge in [0, 0.05) is 7.11 Å². The fourth-order valence-electron chi connectivity index (χ4n) is 1.34. The van der Waals surface area contributed by atoms with Gasteiger partial charge in [0.25, 0.3) is 0 Å². The van der Waals surface area contributed by atoms with Crippen molar-refractivity contribution in [1.82, 2.24) is 0 Å². The second-order valence-electron chi connectivity index (χ2n) is 3.80. The fourth-order valence-corrected chi connectivity index (χ4v) is 1.34. The molecule has 6 heteroatoms. The highest BCUT2D eigenvalue weighted by molar-refractivity contribution is 5.05. The average Bonchev–Trinajstić information content (AvgIpc) is 2.89. The Labute approximate surface area is 113 Å². The molecular weight excluding hydrogens is 252 g/mol. The molecule has 0 fully saturated rings. The summed E-state index contributed by atoms with van der Waals surface area (Å²) in [5, 5.41) is 8.82. The second kappa shape index (κ2) is 11.0. The first-order valence-electron chi connectivity index (χ1n) is 6.27. The Hall–Kier alpha value is -0.920. The maximum absolute atomic E-state index is 8.82. The summed E-state index contributed by atoms with van der Waals surface area (Å²) in [6.07, 6.45) is 0. The minimum Gasteiger partial charge on any atom is -0.461 e. The molecule has 6 nitrogen and oxygen atoms in total. The summed E-state index contributed by atoms with van der Waals surface area (Å²) in [6.45, 7) is 3.59. The SMILES string of the molecule is COCCOCCOCCOCc1ccc(CO)o1. The zero-order valence-electron chi connectivity index (χ0n) is 11.3. The minimum atomic E-state index is -0.0911. The van der Waals surface area contributed by atoms with Gasteiger partial charge in [-0.25, -0.2) is 0 Å². The Balaban J connectivity index is 1.86. The Morgan fingerprint density at radius 3 is 2.05 bits per heavy atom. The first-order valence-corrected chi connectivity index (χ1v) is 6.27. The average molecular weight is 274 g/mol. The van der Waals surface area contributed by atoms with Gasteiger partial charge in [0.2, 0.25) is 0 Å². The largest absolute Gasteiger partial charge is 0.461 e. The van der Waals surface area contributed by atoms with Crippen LogP contribution < -0.4 is 0 Å². The zero-order valence-corrected chi connectivity index (χ0v) is 11.3. The molecule has 0 aliphatic carbocycles. The van der Waals surface area contributed by atoms with E-state index in [2.05, 4.69) is 0 Å². The highest BCUT2D eigenvalue weighted by Crippen LogP contribution is 2.08. The van der Waals surface area contributed by atoms with Gasteiger partial charge in [-0.2, -0.15) is 0 Å². The van der Waals surface area contributed by atoms with Gasteiger partial charge in [0.15, 0.2) is 0 Å². The van der Waals surface area contributed by atoms with E-state index in [1.54, 1.807) is 19.2 Å². The van der Waals surface area contributed by atoms with Crippen LogP contribution in [-0.2, 0) is 32.2 Å². The van der Waals surface area contributed by atoms with Crippen molar-refractivity contribution in [3.63, 3.8) is 0 Å². The normalized spacial score (nSPS) is 11.1. The molecule has 110 valence electrons. The lowest BCUT2D eigenvalue weighted by molar-refractivity contribution is -0.00147. The summed E-state index contributed by atoms with van der Waals surface area (Å²) in [5.74, 6) is 1.25. The molecule has 0 amide bonds. The van der Waals surface area contributed by atoms with Crippen molar-refractivity contribution in [3.05, 3.63) is 23.7 Å². The van der Waals surface area contributed by atoms with Gasteiger partial charge in [-0.3, -0.25) is 0 Å². The Kier molecular flexibility index (Phi) is 9.30. The van der Waals surface area contributed by atoms with Crippen molar-refractivity contribution in [2.24, 2.45) is 0 Å². The van der Waals surface area contributed by atoms with Crippen LogP contribution in [0.3, 0.4) is 0 Å². The maximum atomic E-state index is 8.82. The molecular formula is C13H22O6. The summed E-state index contributed by atoms with van der Waals surface area (Å²) in [5.41, 5.74) is 0. The zero-order chi connectivity index (χ0) is 13.8. The molecule has 1 aromatic rings. The number of methoxy groups -OCH3 is 1. The Bertz CT molecular complexity index is 312. The molecule has 0 aromatic carbocycles. The van der Waals surface area contributed by atoms with E-state index in [9.17, 15) is 0 Å². The van der Waals surface area contributed by atoms with E-state index >= 15 is 0 Å². The third-order valence-electron chi connectivity index (χ3n) is 2.29. The van der Waals surface area contributed by atoms with Gasteiger partial charge < -0.3 is 28.5 Å². The van der Waals surface area contributed by atoms with E-state index in [1.807, 2.05) is 0 Å². The van der Waals surface area contributed by atoms with Crippen LogP contribution in [0.25, 0.3) is 0 Å². The summed E-state index contributed by atoms with van der Waals surface area (Å²) in [7, 11) is 1.64. The quantitative estimate of drug-likeness (QED) is 0.573. The smallest absolute Gasteiger partial charge is 0.129 e. The highest BCUT2D eigenvalue weighted by atomic mass is 16.6. The van der Waals surface area contributed by atoms with Gasteiger partial charge in [0.05, 0.1) is 39.6 Å². The van der Waals surface area contributed by atoms with Crippen molar-refractivity contribution in [1.29, 1.82) is 0 Å². The lowest BCUT2D eigenvalue weighted by Gasteiger charge is -2.05. The van der Waals surface area contributed by atoms with Crippen LogP contribution in [0.4, 0.5) is 0 Å². The standard InChI is InChI=1S/C13H22O6/c1-15-4-5-16-6-7-17-8-9-18-11-13-3-2-12(10-14)19-13/h2-3,14H,4-11H2,1H3.